The van der Waals surface area contributed by atoms with Gasteiger partial charge in [0.05, 0.1) is 26.4 Å². The van der Waals surface area contributed by atoms with Crippen molar-refractivity contribution in [3.05, 3.63) is 12.2 Å². The van der Waals surface area contributed by atoms with Gasteiger partial charge in [0, 0.05) is 25.7 Å². The van der Waals surface area contributed by atoms with Gasteiger partial charge in [-0.1, -0.05) is 348 Å². The quantitative estimate of drug-likeness (QED) is 0.0169. The zero-order chi connectivity index (χ0) is 71.8. The van der Waals surface area contributed by atoms with E-state index in [0.717, 1.165) is 109 Å². The van der Waals surface area contributed by atoms with Gasteiger partial charge in [-0.25, -0.2) is 9.13 Å². The second-order valence-electron chi connectivity index (χ2n) is 28.1. The fraction of sp³-hybridized carbons (Fsp3) is 0.924. The highest BCUT2D eigenvalue weighted by molar-refractivity contribution is 7.47. The summed E-state index contributed by atoms with van der Waals surface area (Å²) in [4.78, 5) is 73.0. The predicted molar refractivity (Wildman–Crippen MR) is 400 cm³/mol. The van der Waals surface area contributed by atoms with Crippen LogP contribution >= 0.6 is 15.6 Å². The van der Waals surface area contributed by atoms with E-state index >= 15 is 0 Å². The first-order chi connectivity index (χ1) is 47.7. The zero-order valence-electron chi connectivity index (χ0n) is 63.5. The molecule has 580 valence electrons. The van der Waals surface area contributed by atoms with Crippen molar-refractivity contribution in [1.29, 1.82) is 0 Å². The van der Waals surface area contributed by atoms with Crippen LogP contribution in [0.3, 0.4) is 0 Å². The van der Waals surface area contributed by atoms with Gasteiger partial charge in [0.1, 0.15) is 19.3 Å². The minimum Gasteiger partial charge on any atom is -0.462 e. The number of unbranched alkanes of at least 4 members (excludes halogenated alkanes) is 51. The molecule has 0 bridgehead atoms. The molecule has 0 heterocycles. The number of aliphatic hydroxyl groups excluding tert-OH is 1. The van der Waals surface area contributed by atoms with E-state index in [1.165, 1.54) is 225 Å². The Bertz CT molecular complexity index is 1910. The molecule has 0 saturated carbocycles. The highest BCUT2D eigenvalue weighted by atomic mass is 31.2. The number of hydrogen-bond donors (Lipinski definition) is 3. The van der Waals surface area contributed by atoms with Crippen molar-refractivity contribution in [2.45, 2.75) is 431 Å². The third-order valence-corrected chi connectivity index (χ3v) is 20.2. The summed E-state index contributed by atoms with van der Waals surface area (Å²) in [7, 11) is -9.92. The van der Waals surface area contributed by atoms with Crippen molar-refractivity contribution < 1.29 is 80.2 Å². The van der Waals surface area contributed by atoms with Crippen LogP contribution in [-0.4, -0.2) is 96.7 Å². The van der Waals surface area contributed by atoms with Crippen molar-refractivity contribution in [1.82, 2.24) is 0 Å². The van der Waals surface area contributed by atoms with Crippen molar-refractivity contribution >= 4 is 39.5 Å². The Morgan fingerprint density at radius 3 is 0.704 bits per heavy atom. The van der Waals surface area contributed by atoms with Crippen LogP contribution in [0.4, 0.5) is 0 Å². The summed E-state index contributed by atoms with van der Waals surface area (Å²) < 4.78 is 68.7. The molecule has 0 aliphatic rings. The van der Waals surface area contributed by atoms with Crippen LogP contribution in [-0.2, 0) is 65.4 Å². The molecule has 0 aromatic carbocycles. The highest BCUT2D eigenvalue weighted by Gasteiger charge is 2.30. The standard InChI is InChI=1S/C79H152O17P2/c1-5-9-13-17-21-25-29-33-35-36-38-42-46-50-54-58-62-66-79(84)96-75(69-89-76(81)63-59-55-51-47-43-39-31-27-23-19-15-11-7-3)72-94-98(87,88)92-68-73(80)67-91-97(85,86)93-71-74(95-78(83)65-61-57-53-49-45-40-32-28-24-20-16-12-8-4)70-90-77(82)64-60-56-52-48-44-41-37-34-30-26-22-18-14-10-6-2/h34,37,73-75,80H,5-33,35-36,38-72H2,1-4H3,(H,85,86)(H,87,88)/b37-34-/t73-,74+,75+/m0/s1. The van der Waals surface area contributed by atoms with Crippen LogP contribution < -0.4 is 0 Å². The summed E-state index contributed by atoms with van der Waals surface area (Å²) in [5, 5.41) is 10.6. The molecule has 17 nitrogen and oxygen atoms in total. The highest BCUT2D eigenvalue weighted by Crippen LogP contribution is 2.45. The molecule has 3 N–H and O–H groups in total. The fourth-order valence-corrected chi connectivity index (χ4v) is 13.6. The first-order valence-corrected chi connectivity index (χ1v) is 43.9. The molecule has 5 atom stereocenters. The van der Waals surface area contributed by atoms with Gasteiger partial charge in [0.25, 0.3) is 0 Å². The maximum absolute atomic E-state index is 13.1. The lowest BCUT2D eigenvalue weighted by Gasteiger charge is -2.21. The summed E-state index contributed by atoms with van der Waals surface area (Å²) in [6, 6.07) is 0. The first kappa shape index (κ1) is 95.8. The van der Waals surface area contributed by atoms with Gasteiger partial charge >= 0.3 is 39.5 Å². The van der Waals surface area contributed by atoms with E-state index in [9.17, 15) is 43.2 Å². The molecule has 2 unspecified atom stereocenters. The Kier molecular flexibility index (Phi) is 71.5. The molecule has 0 spiro atoms. The molecule has 0 aromatic rings. The summed E-state index contributed by atoms with van der Waals surface area (Å²) >= 11 is 0. The molecule has 0 radical (unpaired) electrons. The van der Waals surface area contributed by atoms with E-state index in [1.807, 2.05) is 0 Å². The van der Waals surface area contributed by atoms with Crippen LogP contribution in [0.15, 0.2) is 12.2 Å². The van der Waals surface area contributed by atoms with Crippen LogP contribution in [0.2, 0.25) is 0 Å². The minimum absolute atomic E-state index is 0.105. The van der Waals surface area contributed by atoms with Crippen LogP contribution in [0.25, 0.3) is 0 Å². The Hall–Kier alpha value is -2.20. The second-order valence-corrected chi connectivity index (χ2v) is 31.0. The third-order valence-electron chi connectivity index (χ3n) is 18.3. The molecular weight excluding hydrogens is 1280 g/mol. The summed E-state index contributed by atoms with van der Waals surface area (Å²) in [6.07, 6.45) is 66.1. The van der Waals surface area contributed by atoms with Gasteiger partial charge in [0.15, 0.2) is 12.2 Å². The Morgan fingerprint density at radius 1 is 0.276 bits per heavy atom. The van der Waals surface area contributed by atoms with Gasteiger partial charge < -0.3 is 33.8 Å². The van der Waals surface area contributed by atoms with Gasteiger partial charge in [-0.2, -0.15) is 0 Å². The molecule has 0 amide bonds. The monoisotopic (exact) mass is 1440 g/mol. The number of allylic oxidation sites excluding steroid dienone is 2. The number of carbonyl (C=O) groups is 4. The topological polar surface area (TPSA) is 237 Å². The van der Waals surface area contributed by atoms with Crippen LogP contribution in [0, 0.1) is 0 Å². The molecule has 19 heteroatoms. The van der Waals surface area contributed by atoms with Gasteiger partial charge in [0.2, 0.25) is 0 Å². The van der Waals surface area contributed by atoms with Gasteiger partial charge in [-0.05, 0) is 51.4 Å². The van der Waals surface area contributed by atoms with E-state index in [1.54, 1.807) is 0 Å². The molecule has 98 heavy (non-hydrogen) atoms. The molecule has 0 saturated heterocycles. The summed E-state index contributed by atoms with van der Waals surface area (Å²) in [6.45, 7) is 4.99. The number of carbonyl (C=O) groups excluding carboxylic acids is 4. The van der Waals surface area contributed by atoms with Gasteiger partial charge in [-0.15, -0.1) is 0 Å². The SMILES string of the molecule is CCCCCCCC/C=C\CCCCCCCC(=O)OC[C@H](COP(=O)(O)OC[C@H](O)COP(=O)(O)OC[C@@H](COC(=O)CCCCCCCCCCCCCCC)OC(=O)CCCCCCCCCCCCCCCCCCC)OC(=O)CCCCCCCCCCCCCCC. The van der Waals surface area contributed by atoms with Crippen molar-refractivity contribution in [3.8, 4) is 0 Å². The molecule has 0 aliphatic heterocycles. The molecular formula is C79H152O17P2. The van der Waals surface area contributed by atoms with Crippen molar-refractivity contribution in [2.24, 2.45) is 0 Å². The molecule has 0 rings (SSSR count). The van der Waals surface area contributed by atoms with Crippen LogP contribution in [0.1, 0.15) is 413 Å². The minimum atomic E-state index is -4.96. The normalized spacial score (nSPS) is 13.9. The number of phosphoric acid groups is 2. The zero-order valence-corrected chi connectivity index (χ0v) is 65.3. The fourth-order valence-electron chi connectivity index (χ4n) is 12.0. The second kappa shape index (κ2) is 73.1. The average Bonchev–Trinajstić information content (AvgIpc) is 0.972. The van der Waals surface area contributed by atoms with E-state index in [4.69, 9.17) is 37.0 Å². The number of rotatable bonds is 79. The van der Waals surface area contributed by atoms with Crippen molar-refractivity contribution in [2.75, 3.05) is 39.6 Å². The van der Waals surface area contributed by atoms with E-state index in [-0.39, 0.29) is 25.7 Å². The van der Waals surface area contributed by atoms with E-state index < -0.39 is 97.5 Å². The first-order valence-electron chi connectivity index (χ1n) is 40.9. The lowest BCUT2D eigenvalue weighted by Crippen LogP contribution is -2.30. The van der Waals surface area contributed by atoms with Crippen molar-refractivity contribution in [3.63, 3.8) is 0 Å². The molecule has 0 aliphatic carbocycles. The number of ether oxygens (including phenoxy) is 4. The number of phosphoric ester groups is 2. The van der Waals surface area contributed by atoms with E-state index in [2.05, 4.69) is 39.8 Å². The Labute approximate surface area is 600 Å². The maximum atomic E-state index is 13.1. The third kappa shape index (κ3) is 72.2. The van der Waals surface area contributed by atoms with Crippen LogP contribution in [0.5, 0.6) is 0 Å². The smallest absolute Gasteiger partial charge is 0.462 e. The Morgan fingerprint density at radius 2 is 0.469 bits per heavy atom. The average molecular weight is 1440 g/mol. The Balaban J connectivity index is 5.27. The number of hydrogen-bond acceptors (Lipinski definition) is 15. The van der Waals surface area contributed by atoms with Gasteiger partial charge in [-0.3, -0.25) is 37.3 Å². The number of aliphatic hydroxyl groups is 1. The number of esters is 4. The summed E-state index contributed by atoms with van der Waals surface area (Å²) in [5.41, 5.74) is 0. The largest absolute Gasteiger partial charge is 0.472 e. The predicted octanol–water partition coefficient (Wildman–Crippen LogP) is 23.6. The molecule has 0 aromatic heterocycles. The summed E-state index contributed by atoms with van der Waals surface area (Å²) in [5.74, 6) is -2.12. The lowest BCUT2D eigenvalue weighted by molar-refractivity contribution is -0.161. The lowest BCUT2D eigenvalue weighted by atomic mass is 10.0. The molecule has 0 fully saturated rings. The maximum Gasteiger partial charge on any atom is 0.472 e. The van der Waals surface area contributed by atoms with E-state index in [0.29, 0.717) is 25.7 Å².